The fraction of sp³-hybridized carbons (Fsp3) is 0.182. The van der Waals surface area contributed by atoms with E-state index < -0.39 is 38.8 Å². The van der Waals surface area contributed by atoms with Crippen LogP contribution in [0, 0.1) is 5.92 Å². The SMILES string of the molecule is O=C1NC(=O)C(Cc2ccc(S(=O)(=O)[O-])cc2)C(=O)N1.[Na+]. The van der Waals surface area contributed by atoms with Crippen molar-refractivity contribution >= 4 is 28.0 Å². The molecule has 0 bridgehead atoms. The van der Waals surface area contributed by atoms with Gasteiger partial charge in [-0.25, -0.2) is 13.2 Å². The minimum Gasteiger partial charge on any atom is -0.744 e. The zero-order chi connectivity index (χ0) is 14.9. The topological polar surface area (TPSA) is 132 Å². The Bertz CT molecular complexity index is 665. The van der Waals surface area contributed by atoms with Gasteiger partial charge in [0.1, 0.15) is 16.0 Å². The molecular weight excluding hydrogens is 311 g/mol. The van der Waals surface area contributed by atoms with Crippen LogP contribution in [0.2, 0.25) is 0 Å². The molecule has 4 amide bonds. The molecule has 106 valence electrons. The second kappa shape index (κ2) is 6.67. The summed E-state index contributed by atoms with van der Waals surface area (Å²) >= 11 is 0. The molecule has 10 heteroatoms. The van der Waals surface area contributed by atoms with Gasteiger partial charge < -0.3 is 4.55 Å². The van der Waals surface area contributed by atoms with Gasteiger partial charge in [0, 0.05) is 0 Å². The Labute approximate surface area is 142 Å². The Kier molecular flexibility index (Phi) is 5.65. The van der Waals surface area contributed by atoms with Crippen LogP contribution in [-0.2, 0) is 26.1 Å². The molecular formula is C11H9N2NaO6S. The van der Waals surface area contributed by atoms with Crippen LogP contribution in [0.1, 0.15) is 5.56 Å². The van der Waals surface area contributed by atoms with Gasteiger partial charge in [0.05, 0.1) is 4.90 Å². The van der Waals surface area contributed by atoms with Gasteiger partial charge in [-0.1, -0.05) is 12.1 Å². The van der Waals surface area contributed by atoms with E-state index >= 15 is 0 Å². The zero-order valence-corrected chi connectivity index (χ0v) is 13.8. The summed E-state index contributed by atoms with van der Waals surface area (Å²) in [6, 6.07) is 4.00. The van der Waals surface area contributed by atoms with Crippen LogP contribution in [-0.4, -0.2) is 30.8 Å². The number of barbiturate groups is 1. The molecule has 0 aliphatic carbocycles. The molecule has 1 aromatic carbocycles. The van der Waals surface area contributed by atoms with Gasteiger partial charge in [-0.05, 0) is 24.1 Å². The number of carbonyl (C=O) groups is 3. The summed E-state index contributed by atoms with van der Waals surface area (Å²) in [4.78, 5) is 33.5. The number of amides is 4. The number of hydrogen-bond donors (Lipinski definition) is 2. The largest absolute Gasteiger partial charge is 1.00 e. The van der Waals surface area contributed by atoms with Gasteiger partial charge in [0.15, 0.2) is 0 Å². The number of rotatable bonds is 3. The molecule has 1 saturated heterocycles. The van der Waals surface area contributed by atoms with E-state index in [1.165, 1.54) is 12.1 Å². The van der Waals surface area contributed by atoms with Gasteiger partial charge in [0.25, 0.3) is 0 Å². The van der Waals surface area contributed by atoms with Crippen molar-refractivity contribution in [2.24, 2.45) is 5.92 Å². The normalized spacial score (nSPS) is 16.0. The van der Waals surface area contributed by atoms with E-state index in [4.69, 9.17) is 0 Å². The number of carbonyl (C=O) groups excluding carboxylic acids is 3. The second-order valence-corrected chi connectivity index (χ2v) is 5.54. The summed E-state index contributed by atoms with van der Waals surface area (Å²) in [7, 11) is -4.53. The number of nitrogens with one attached hydrogen (secondary N) is 2. The van der Waals surface area contributed by atoms with Crippen molar-refractivity contribution < 1.29 is 56.9 Å². The molecule has 0 radical (unpaired) electrons. The molecule has 0 atom stereocenters. The van der Waals surface area contributed by atoms with E-state index in [1.54, 1.807) is 0 Å². The third-order valence-corrected chi connectivity index (χ3v) is 3.61. The van der Waals surface area contributed by atoms with Gasteiger partial charge >= 0.3 is 35.6 Å². The Hall–Kier alpha value is -1.26. The molecule has 0 saturated carbocycles. The predicted octanol–water partition coefficient (Wildman–Crippen LogP) is -3.88. The second-order valence-electron chi connectivity index (χ2n) is 4.16. The molecule has 1 heterocycles. The summed E-state index contributed by atoms with van der Waals surface area (Å²) < 4.78 is 32.3. The fourth-order valence-corrected chi connectivity index (χ4v) is 2.23. The molecule has 2 N–H and O–H groups in total. The van der Waals surface area contributed by atoms with Crippen LogP contribution in [0.5, 0.6) is 0 Å². The Morgan fingerprint density at radius 2 is 1.48 bits per heavy atom. The van der Waals surface area contributed by atoms with Crippen molar-refractivity contribution in [3.05, 3.63) is 29.8 Å². The van der Waals surface area contributed by atoms with Gasteiger partial charge in [0.2, 0.25) is 11.8 Å². The van der Waals surface area contributed by atoms with Gasteiger partial charge in [-0.15, -0.1) is 0 Å². The maximum atomic E-state index is 11.5. The molecule has 2 rings (SSSR count). The van der Waals surface area contributed by atoms with E-state index in [1.807, 2.05) is 10.6 Å². The molecule has 8 nitrogen and oxygen atoms in total. The van der Waals surface area contributed by atoms with Crippen LogP contribution < -0.4 is 40.2 Å². The first-order valence-corrected chi connectivity index (χ1v) is 6.89. The van der Waals surface area contributed by atoms with Crippen molar-refractivity contribution in [2.45, 2.75) is 11.3 Å². The maximum absolute atomic E-state index is 11.5. The third kappa shape index (κ3) is 4.35. The molecule has 1 aliphatic heterocycles. The van der Waals surface area contributed by atoms with Crippen LogP contribution >= 0.6 is 0 Å². The van der Waals surface area contributed by atoms with Crippen molar-refractivity contribution in [2.75, 3.05) is 0 Å². The summed E-state index contributed by atoms with van der Waals surface area (Å²) in [5, 5.41) is 3.92. The van der Waals surface area contributed by atoms with E-state index in [-0.39, 0.29) is 36.0 Å². The summed E-state index contributed by atoms with van der Waals surface area (Å²) in [6.45, 7) is 0. The Morgan fingerprint density at radius 1 is 1.00 bits per heavy atom. The number of urea groups is 1. The molecule has 0 aromatic heterocycles. The monoisotopic (exact) mass is 320 g/mol. The van der Waals surface area contributed by atoms with E-state index in [0.717, 1.165) is 12.1 Å². The fourth-order valence-electron chi connectivity index (χ4n) is 1.76. The summed E-state index contributed by atoms with van der Waals surface area (Å²) in [6.07, 6.45) is -0.00979. The predicted molar refractivity (Wildman–Crippen MR) is 63.3 cm³/mol. The standard InChI is InChI=1S/C11H10N2O6S.Na/c14-9-8(10(15)13-11(16)12-9)5-6-1-3-7(4-2-6)20(17,18)19;/h1-4,8H,5H2,(H,17,18,19)(H2,12,13,14,15,16);/q;+1/p-1. The van der Waals surface area contributed by atoms with Gasteiger partial charge in [-0.3, -0.25) is 20.2 Å². The van der Waals surface area contributed by atoms with Gasteiger partial charge in [-0.2, -0.15) is 0 Å². The average Bonchev–Trinajstić information content (AvgIpc) is 2.33. The van der Waals surface area contributed by atoms with Crippen LogP contribution in [0.4, 0.5) is 4.79 Å². The molecule has 0 spiro atoms. The van der Waals surface area contributed by atoms with E-state index in [0.29, 0.717) is 5.56 Å². The van der Waals surface area contributed by atoms with Crippen molar-refractivity contribution in [3.63, 3.8) is 0 Å². The average molecular weight is 320 g/mol. The first-order valence-electron chi connectivity index (χ1n) is 5.48. The van der Waals surface area contributed by atoms with Crippen LogP contribution in [0.15, 0.2) is 29.2 Å². The van der Waals surface area contributed by atoms with Crippen molar-refractivity contribution in [1.82, 2.24) is 10.6 Å². The number of hydrogen-bond acceptors (Lipinski definition) is 6. The molecule has 21 heavy (non-hydrogen) atoms. The number of benzene rings is 1. The first kappa shape index (κ1) is 17.8. The quantitative estimate of drug-likeness (QED) is 0.332. The minimum absolute atomic E-state index is 0. The Morgan fingerprint density at radius 3 is 1.90 bits per heavy atom. The van der Waals surface area contributed by atoms with Crippen molar-refractivity contribution in [3.8, 4) is 0 Å². The minimum atomic E-state index is -4.53. The third-order valence-electron chi connectivity index (χ3n) is 2.76. The summed E-state index contributed by atoms with van der Waals surface area (Å²) in [5.74, 6) is -2.53. The molecule has 1 fully saturated rings. The molecule has 1 aromatic rings. The van der Waals surface area contributed by atoms with E-state index in [9.17, 15) is 27.4 Å². The first-order chi connectivity index (χ1) is 9.27. The van der Waals surface area contributed by atoms with Crippen LogP contribution in [0.25, 0.3) is 0 Å². The maximum Gasteiger partial charge on any atom is 1.00 e. The summed E-state index contributed by atoms with van der Waals surface area (Å²) in [5.41, 5.74) is 0.488. The van der Waals surface area contributed by atoms with E-state index in [2.05, 4.69) is 0 Å². The molecule has 0 unspecified atom stereocenters. The number of imide groups is 2. The smallest absolute Gasteiger partial charge is 0.744 e. The molecule has 1 aliphatic rings. The zero-order valence-electron chi connectivity index (χ0n) is 11.0. The van der Waals surface area contributed by atoms with Crippen LogP contribution in [0.3, 0.4) is 0 Å². The Balaban J connectivity index is 0.00000220. The van der Waals surface area contributed by atoms with Crippen molar-refractivity contribution in [1.29, 1.82) is 0 Å².